The van der Waals surface area contributed by atoms with Gasteiger partial charge in [0.2, 0.25) is 0 Å². The van der Waals surface area contributed by atoms with Gasteiger partial charge in [0, 0.05) is 24.4 Å². The van der Waals surface area contributed by atoms with Gasteiger partial charge in [0.05, 0.1) is 0 Å². The van der Waals surface area contributed by atoms with E-state index in [4.69, 9.17) is 0 Å². The molecule has 2 aliphatic heterocycles. The fourth-order valence-corrected chi connectivity index (χ4v) is 3.21. The molecule has 0 aromatic carbocycles. The summed E-state index contributed by atoms with van der Waals surface area (Å²) in [6.45, 7) is 3.77. The zero-order valence-corrected chi connectivity index (χ0v) is 9.61. The number of carbonyl (C=O) groups excluding carboxylic acids is 1. The molecule has 2 rings (SSSR count). The summed E-state index contributed by atoms with van der Waals surface area (Å²) in [5.74, 6) is 0.701. The summed E-state index contributed by atoms with van der Waals surface area (Å²) in [6.07, 6.45) is 8.51. The molecule has 0 aromatic rings. The average molecular weight is 207 g/mol. The molecule has 2 saturated heterocycles. The number of rotatable bonds is 2. The summed E-state index contributed by atoms with van der Waals surface area (Å²) < 4.78 is 0. The number of fused-ring (bicyclic) bond motifs is 2. The number of ketones is 1. The quantitative estimate of drug-likeness (QED) is 0.648. The maximum atomic E-state index is 12.0. The van der Waals surface area contributed by atoms with E-state index in [-0.39, 0.29) is 5.92 Å². The van der Waals surface area contributed by atoms with Crippen molar-refractivity contribution in [2.75, 3.05) is 7.05 Å². The normalized spacial score (nSPS) is 37.4. The summed E-state index contributed by atoms with van der Waals surface area (Å²) in [5.41, 5.74) is 0. The Kier molecular flexibility index (Phi) is 3.25. The number of Topliss-reactive ketones (excluding diaryl/α,β-unsaturated/α-hetero) is 1. The first-order chi connectivity index (χ1) is 7.24. The van der Waals surface area contributed by atoms with Crippen molar-refractivity contribution in [2.24, 2.45) is 5.92 Å². The summed E-state index contributed by atoms with van der Waals surface area (Å²) in [4.78, 5) is 14.5. The predicted molar refractivity (Wildman–Crippen MR) is 61.7 cm³/mol. The van der Waals surface area contributed by atoms with Gasteiger partial charge in [0.25, 0.3) is 0 Å². The Morgan fingerprint density at radius 2 is 2.20 bits per heavy atom. The monoisotopic (exact) mass is 207 g/mol. The van der Waals surface area contributed by atoms with Gasteiger partial charge in [-0.15, -0.1) is 6.58 Å². The molecule has 0 aliphatic carbocycles. The van der Waals surface area contributed by atoms with Gasteiger partial charge in [-0.3, -0.25) is 9.69 Å². The second-order valence-corrected chi connectivity index (χ2v) is 4.97. The molecule has 3 atom stereocenters. The van der Waals surface area contributed by atoms with Gasteiger partial charge in [-0.25, -0.2) is 0 Å². The Labute approximate surface area is 92.3 Å². The second kappa shape index (κ2) is 4.48. The van der Waals surface area contributed by atoms with Crippen LogP contribution >= 0.6 is 0 Å². The molecule has 0 saturated carbocycles. The highest BCUT2D eigenvalue weighted by Gasteiger charge is 2.40. The molecule has 2 nitrogen and oxygen atoms in total. The maximum absolute atomic E-state index is 12.0. The minimum absolute atomic E-state index is 0.224. The highest BCUT2D eigenvalue weighted by molar-refractivity contribution is 5.83. The van der Waals surface area contributed by atoms with E-state index in [1.165, 1.54) is 25.7 Å². The third-order valence-electron chi connectivity index (χ3n) is 4.12. The second-order valence-electron chi connectivity index (χ2n) is 4.97. The molecule has 2 heterocycles. The van der Waals surface area contributed by atoms with Crippen molar-refractivity contribution in [2.45, 2.75) is 50.6 Å². The largest absolute Gasteiger partial charge is 0.299 e. The molecule has 2 fully saturated rings. The molecular formula is C13H21NO. The number of hydrogen-bond acceptors (Lipinski definition) is 2. The van der Waals surface area contributed by atoms with Crippen molar-refractivity contribution in [3.8, 4) is 0 Å². The van der Waals surface area contributed by atoms with Crippen LogP contribution in [0, 0.1) is 5.92 Å². The molecule has 84 valence electrons. The van der Waals surface area contributed by atoms with Gasteiger partial charge < -0.3 is 0 Å². The molecule has 2 heteroatoms. The molecule has 0 spiro atoms. The molecule has 0 amide bonds. The average Bonchev–Trinajstić information content (AvgIpc) is 2.33. The number of allylic oxidation sites excluding steroid dienone is 1. The van der Waals surface area contributed by atoms with Gasteiger partial charge in [-0.05, 0) is 26.3 Å². The van der Waals surface area contributed by atoms with E-state index in [2.05, 4.69) is 18.5 Å². The van der Waals surface area contributed by atoms with Crippen molar-refractivity contribution < 1.29 is 4.79 Å². The topological polar surface area (TPSA) is 20.3 Å². The first-order valence-corrected chi connectivity index (χ1v) is 6.09. The van der Waals surface area contributed by atoms with Crippen molar-refractivity contribution >= 4 is 5.78 Å². The third-order valence-corrected chi connectivity index (χ3v) is 4.12. The highest BCUT2D eigenvalue weighted by atomic mass is 16.1. The number of piperidine rings is 1. The Bertz CT molecular complexity index is 261. The van der Waals surface area contributed by atoms with E-state index in [0.717, 1.165) is 12.8 Å². The van der Waals surface area contributed by atoms with Crippen LogP contribution in [0.4, 0.5) is 0 Å². The van der Waals surface area contributed by atoms with Crippen LogP contribution < -0.4 is 0 Å². The van der Waals surface area contributed by atoms with Gasteiger partial charge >= 0.3 is 0 Å². The van der Waals surface area contributed by atoms with Crippen molar-refractivity contribution in [3.05, 3.63) is 12.7 Å². The summed E-state index contributed by atoms with van der Waals surface area (Å²) in [5, 5.41) is 0. The smallest absolute Gasteiger partial charge is 0.139 e. The Morgan fingerprint density at radius 1 is 1.47 bits per heavy atom. The van der Waals surface area contributed by atoms with Gasteiger partial charge in [-0.1, -0.05) is 18.9 Å². The van der Waals surface area contributed by atoms with Gasteiger partial charge in [0.1, 0.15) is 5.78 Å². The lowest BCUT2D eigenvalue weighted by atomic mass is 9.82. The third kappa shape index (κ3) is 2.00. The van der Waals surface area contributed by atoms with Crippen LogP contribution in [0.2, 0.25) is 0 Å². The van der Waals surface area contributed by atoms with Crippen LogP contribution in [0.1, 0.15) is 38.5 Å². The van der Waals surface area contributed by atoms with Crippen LogP contribution in [0.5, 0.6) is 0 Å². The molecule has 1 unspecified atom stereocenters. The molecule has 2 aliphatic rings. The SMILES string of the molecule is C=CC[C@@H]1C(=O)CC2CCCC[C@@H]1N2C. The Balaban J connectivity index is 2.18. The Morgan fingerprint density at radius 3 is 2.93 bits per heavy atom. The van der Waals surface area contributed by atoms with E-state index in [1.54, 1.807) is 0 Å². The van der Waals surface area contributed by atoms with Crippen LogP contribution in [0.15, 0.2) is 12.7 Å². The van der Waals surface area contributed by atoms with Crippen LogP contribution in [0.25, 0.3) is 0 Å². The number of carbonyl (C=O) groups is 1. The molecule has 15 heavy (non-hydrogen) atoms. The minimum Gasteiger partial charge on any atom is -0.299 e. The van der Waals surface area contributed by atoms with E-state index >= 15 is 0 Å². The van der Waals surface area contributed by atoms with Crippen molar-refractivity contribution in [1.82, 2.24) is 4.90 Å². The van der Waals surface area contributed by atoms with E-state index in [0.29, 0.717) is 17.9 Å². The number of hydrogen-bond donors (Lipinski definition) is 0. The lowest BCUT2D eigenvalue weighted by Crippen LogP contribution is -2.51. The lowest BCUT2D eigenvalue weighted by Gasteiger charge is -2.42. The van der Waals surface area contributed by atoms with Crippen molar-refractivity contribution in [3.63, 3.8) is 0 Å². The van der Waals surface area contributed by atoms with Crippen LogP contribution in [0.3, 0.4) is 0 Å². The Hall–Kier alpha value is -0.630. The molecule has 2 bridgehead atoms. The summed E-state index contributed by atoms with van der Waals surface area (Å²) >= 11 is 0. The van der Waals surface area contributed by atoms with Crippen LogP contribution in [-0.2, 0) is 4.79 Å². The standard InChI is InChI=1S/C13H21NO/c1-3-6-11-12-8-5-4-7-10(14(12)2)9-13(11)15/h3,10-12H,1,4-9H2,2H3/t10?,11-,12-/m0/s1. The fraction of sp³-hybridized carbons (Fsp3) is 0.769. The molecule has 0 radical (unpaired) electrons. The van der Waals surface area contributed by atoms with E-state index in [1.807, 2.05) is 6.08 Å². The summed E-state index contributed by atoms with van der Waals surface area (Å²) in [6, 6.07) is 1.00. The molecule has 0 aromatic heterocycles. The number of nitrogens with zero attached hydrogens (tertiary/aromatic N) is 1. The van der Waals surface area contributed by atoms with Gasteiger partial charge in [-0.2, -0.15) is 0 Å². The van der Waals surface area contributed by atoms with Crippen LogP contribution in [-0.4, -0.2) is 29.8 Å². The zero-order valence-electron chi connectivity index (χ0n) is 9.61. The predicted octanol–water partition coefficient (Wildman–Crippen LogP) is 2.39. The van der Waals surface area contributed by atoms with E-state index in [9.17, 15) is 4.79 Å². The van der Waals surface area contributed by atoms with Gasteiger partial charge in [0.15, 0.2) is 0 Å². The maximum Gasteiger partial charge on any atom is 0.139 e. The molecule has 0 N–H and O–H groups in total. The van der Waals surface area contributed by atoms with Crippen molar-refractivity contribution in [1.29, 1.82) is 0 Å². The molecular weight excluding hydrogens is 186 g/mol. The lowest BCUT2D eigenvalue weighted by molar-refractivity contribution is -0.130. The highest BCUT2D eigenvalue weighted by Crippen LogP contribution is 2.34. The fourth-order valence-electron chi connectivity index (χ4n) is 3.21. The minimum atomic E-state index is 0.224. The first kappa shape index (κ1) is 10.9. The summed E-state index contributed by atoms with van der Waals surface area (Å²) in [7, 11) is 2.20. The zero-order chi connectivity index (χ0) is 10.8. The first-order valence-electron chi connectivity index (χ1n) is 6.09. The van der Waals surface area contributed by atoms with E-state index < -0.39 is 0 Å².